The molecule has 1 aliphatic rings. The third kappa shape index (κ3) is 2.87. The van der Waals surface area contributed by atoms with Crippen LogP contribution in [0.3, 0.4) is 0 Å². The number of furan rings is 1. The number of carbonyl (C=O) groups excluding carboxylic acids is 1. The quantitative estimate of drug-likeness (QED) is 0.730. The summed E-state index contributed by atoms with van der Waals surface area (Å²) in [7, 11) is 0. The summed E-state index contributed by atoms with van der Waals surface area (Å²) >= 11 is 0. The van der Waals surface area contributed by atoms with Crippen molar-refractivity contribution in [2.45, 2.75) is 12.8 Å². The summed E-state index contributed by atoms with van der Waals surface area (Å²) in [6.45, 7) is 2.67. The summed E-state index contributed by atoms with van der Waals surface area (Å²) in [6, 6.07) is 18.0. The number of benzene rings is 2. The van der Waals surface area contributed by atoms with Gasteiger partial charge in [0.15, 0.2) is 5.76 Å². The third-order valence-corrected chi connectivity index (χ3v) is 4.52. The Kier molecular flexibility index (Phi) is 3.95. The van der Waals surface area contributed by atoms with Gasteiger partial charge in [0.25, 0.3) is 5.91 Å². The second-order valence-corrected chi connectivity index (χ2v) is 6.12. The van der Waals surface area contributed by atoms with Gasteiger partial charge in [-0.05, 0) is 36.6 Å². The van der Waals surface area contributed by atoms with Gasteiger partial charge in [0.2, 0.25) is 0 Å². The molecular formula is C20H20N2O2. The predicted octanol–water partition coefficient (Wildman–Crippen LogP) is 3.62. The molecule has 0 bridgehead atoms. The molecule has 1 aliphatic heterocycles. The summed E-state index contributed by atoms with van der Waals surface area (Å²) in [5.41, 5.74) is 3.50. The van der Waals surface area contributed by atoms with E-state index in [2.05, 4.69) is 34.5 Å². The SMILES string of the molecule is O=C(NCCCN1CCc2ccccc21)c1cc2ccccc2o1. The van der Waals surface area contributed by atoms with Crippen molar-refractivity contribution in [3.63, 3.8) is 0 Å². The number of fused-ring (bicyclic) bond motifs is 2. The van der Waals surface area contributed by atoms with Gasteiger partial charge in [0.1, 0.15) is 5.58 Å². The molecule has 2 aromatic carbocycles. The summed E-state index contributed by atoms with van der Waals surface area (Å²) in [5.74, 6) is 0.232. The molecule has 0 unspecified atom stereocenters. The molecule has 1 aromatic heterocycles. The van der Waals surface area contributed by atoms with E-state index in [1.165, 1.54) is 11.3 Å². The van der Waals surface area contributed by atoms with Crippen molar-refractivity contribution >= 4 is 22.6 Å². The van der Waals surface area contributed by atoms with Crippen molar-refractivity contribution in [3.05, 3.63) is 65.9 Å². The van der Waals surface area contributed by atoms with E-state index in [0.29, 0.717) is 12.3 Å². The van der Waals surface area contributed by atoms with Gasteiger partial charge in [-0.1, -0.05) is 36.4 Å². The third-order valence-electron chi connectivity index (χ3n) is 4.52. The lowest BCUT2D eigenvalue weighted by Gasteiger charge is -2.19. The number of para-hydroxylation sites is 2. The molecule has 0 atom stereocenters. The Bertz CT molecular complexity index is 836. The molecule has 0 aliphatic carbocycles. The number of anilines is 1. The smallest absolute Gasteiger partial charge is 0.287 e. The molecule has 4 heteroatoms. The number of carbonyl (C=O) groups is 1. The molecule has 122 valence electrons. The lowest BCUT2D eigenvalue weighted by atomic mass is 10.2. The molecule has 1 N–H and O–H groups in total. The van der Waals surface area contributed by atoms with Crippen LogP contribution in [0.2, 0.25) is 0 Å². The standard InChI is InChI=1S/C20H20N2O2/c23-20(19-14-16-7-2-4-9-18(16)24-19)21-11-5-12-22-13-10-15-6-1-3-8-17(15)22/h1-4,6-9,14H,5,10-13H2,(H,21,23). The Morgan fingerprint density at radius 3 is 2.88 bits per heavy atom. The fourth-order valence-electron chi connectivity index (χ4n) is 3.29. The van der Waals surface area contributed by atoms with Crippen LogP contribution in [0.15, 0.2) is 59.0 Å². The highest BCUT2D eigenvalue weighted by molar-refractivity contribution is 5.96. The zero-order valence-corrected chi connectivity index (χ0v) is 13.5. The monoisotopic (exact) mass is 320 g/mol. The number of rotatable bonds is 5. The fourth-order valence-corrected chi connectivity index (χ4v) is 3.29. The largest absolute Gasteiger partial charge is 0.451 e. The van der Waals surface area contributed by atoms with Gasteiger partial charge < -0.3 is 14.6 Å². The molecule has 0 saturated carbocycles. The van der Waals surface area contributed by atoms with Crippen molar-refractivity contribution in [1.82, 2.24) is 5.32 Å². The van der Waals surface area contributed by atoms with Crippen LogP contribution in [0, 0.1) is 0 Å². The van der Waals surface area contributed by atoms with Crippen LogP contribution in [0.5, 0.6) is 0 Å². The highest BCUT2D eigenvalue weighted by Gasteiger charge is 2.17. The molecule has 0 radical (unpaired) electrons. The van der Waals surface area contributed by atoms with E-state index in [4.69, 9.17) is 4.42 Å². The first-order valence-corrected chi connectivity index (χ1v) is 8.41. The second kappa shape index (κ2) is 6.40. The highest BCUT2D eigenvalue weighted by Crippen LogP contribution is 2.27. The first-order valence-electron chi connectivity index (χ1n) is 8.41. The van der Waals surface area contributed by atoms with Crippen LogP contribution in [-0.4, -0.2) is 25.5 Å². The lowest BCUT2D eigenvalue weighted by Crippen LogP contribution is -2.28. The molecular weight excluding hydrogens is 300 g/mol. The average molecular weight is 320 g/mol. The van der Waals surface area contributed by atoms with Gasteiger partial charge in [-0.2, -0.15) is 0 Å². The minimum Gasteiger partial charge on any atom is -0.451 e. The summed E-state index contributed by atoms with van der Waals surface area (Å²) in [5, 5.41) is 3.90. The fraction of sp³-hybridized carbons (Fsp3) is 0.250. The molecule has 0 saturated heterocycles. The predicted molar refractivity (Wildman–Crippen MR) is 95.5 cm³/mol. The topological polar surface area (TPSA) is 45.5 Å². The second-order valence-electron chi connectivity index (χ2n) is 6.12. The van der Waals surface area contributed by atoms with Crippen molar-refractivity contribution < 1.29 is 9.21 Å². The van der Waals surface area contributed by atoms with Crippen molar-refractivity contribution in [2.75, 3.05) is 24.5 Å². The maximum Gasteiger partial charge on any atom is 0.287 e. The molecule has 24 heavy (non-hydrogen) atoms. The van der Waals surface area contributed by atoms with Gasteiger partial charge in [-0.15, -0.1) is 0 Å². The first-order chi connectivity index (χ1) is 11.8. The molecule has 1 amide bonds. The maximum atomic E-state index is 12.2. The molecule has 3 aromatic rings. The normalized spacial score (nSPS) is 13.2. The van der Waals surface area contributed by atoms with Crippen LogP contribution < -0.4 is 10.2 Å². The maximum absolute atomic E-state index is 12.2. The number of hydrogen-bond donors (Lipinski definition) is 1. The molecule has 4 nitrogen and oxygen atoms in total. The number of nitrogens with one attached hydrogen (secondary N) is 1. The van der Waals surface area contributed by atoms with Gasteiger partial charge in [0.05, 0.1) is 0 Å². The molecule has 0 fully saturated rings. The van der Waals surface area contributed by atoms with Crippen molar-refractivity contribution in [1.29, 1.82) is 0 Å². The minimum absolute atomic E-state index is 0.145. The van der Waals surface area contributed by atoms with Crippen LogP contribution in [0.25, 0.3) is 11.0 Å². The van der Waals surface area contributed by atoms with Crippen LogP contribution in [0.1, 0.15) is 22.5 Å². The van der Waals surface area contributed by atoms with Crippen LogP contribution in [-0.2, 0) is 6.42 Å². The Hall–Kier alpha value is -2.75. The number of nitrogens with zero attached hydrogens (tertiary/aromatic N) is 1. The minimum atomic E-state index is -0.145. The number of hydrogen-bond acceptors (Lipinski definition) is 3. The molecule has 0 spiro atoms. The Morgan fingerprint density at radius 2 is 1.96 bits per heavy atom. The van der Waals surface area contributed by atoms with E-state index in [1.54, 1.807) is 6.07 Å². The lowest BCUT2D eigenvalue weighted by molar-refractivity contribution is 0.0928. The van der Waals surface area contributed by atoms with Gasteiger partial charge in [-0.25, -0.2) is 0 Å². The van der Waals surface area contributed by atoms with Gasteiger partial charge >= 0.3 is 0 Å². The average Bonchev–Trinajstić information content (AvgIpc) is 3.23. The van der Waals surface area contributed by atoms with Crippen molar-refractivity contribution in [3.8, 4) is 0 Å². The molecule has 4 rings (SSSR count). The Labute approximate surface area is 141 Å². The van der Waals surface area contributed by atoms with Crippen LogP contribution in [0.4, 0.5) is 5.69 Å². The van der Waals surface area contributed by atoms with E-state index in [1.807, 2.05) is 24.3 Å². The Morgan fingerprint density at radius 1 is 1.12 bits per heavy atom. The van der Waals surface area contributed by atoms with E-state index in [0.717, 1.165) is 36.9 Å². The summed E-state index contributed by atoms with van der Waals surface area (Å²) in [4.78, 5) is 14.6. The zero-order chi connectivity index (χ0) is 16.4. The van der Waals surface area contributed by atoms with E-state index < -0.39 is 0 Å². The van der Waals surface area contributed by atoms with E-state index >= 15 is 0 Å². The van der Waals surface area contributed by atoms with Crippen LogP contribution >= 0.6 is 0 Å². The van der Waals surface area contributed by atoms with E-state index in [-0.39, 0.29) is 5.91 Å². The van der Waals surface area contributed by atoms with Crippen molar-refractivity contribution in [2.24, 2.45) is 0 Å². The molecule has 2 heterocycles. The summed E-state index contributed by atoms with van der Waals surface area (Å²) < 4.78 is 5.58. The zero-order valence-electron chi connectivity index (χ0n) is 13.5. The van der Waals surface area contributed by atoms with E-state index in [9.17, 15) is 4.79 Å². The highest BCUT2D eigenvalue weighted by atomic mass is 16.3. The summed E-state index contributed by atoms with van der Waals surface area (Å²) in [6.07, 6.45) is 2.03. The Balaban J connectivity index is 1.29. The number of amides is 1. The van der Waals surface area contributed by atoms with Gasteiger partial charge in [-0.3, -0.25) is 4.79 Å². The first kappa shape index (κ1) is 14.8. The van der Waals surface area contributed by atoms with Gasteiger partial charge in [0, 0.05) is 30.7 Å².